The number of nitrogens with one attached hydrogen (secondary N) is 3. The maximum Gasteiger partial charge on any atom is 0.416 e. The standard InChI is InChI=1S/C27H27ClF3N5O4S/c1-26(2,14-41(3,38)39)36-25(37)16-9-10-32-23-20(11-16)24(34-15-33-23)35-18-7-8-22(21(28)13-18)40-19-6-4-5-17(12-19)27(29,30)31/h4-8,11-13,15H,9-10,14H2,1-3H3,(H,36,37)(H2,32,33,34,35). The number of hydrogen-bond acceptors (Lipinski definition) is 8. The number of nitrogens with zero attached hydrogens (tertiary/aromatic N) is 2. The molecule has 0 saturated heterocycles. The molecule has 0 bridgehead atoms. The summed E-state index contributed by atoms with van der Waals surface area (Å²) in [6.45, 7) is 3.67. The lowest BCUT2D eigenvalue weighted by atomic mass is 10.0. The number of anilines is 3. The highest BCUT2D eigenvalue weighted by molar-refractivity contribution is 7.90. The summed E-state index contributed by atoms with van der Waals surface area (Å²) in [5.74, 6) is 0.324. The number of hydrogen-bond donors (Lipinski definition) is 3. The van der Waals surface area contributed by atoms with Crippen molar-refractivity contribution in [2.24, 2.45) is 0 Å². The van der Waals surface area contributed by atoms with Gasteiger partial charge < -0.3 is 20.7 Å². The van der Waals surface area contributed by atoms with Crippen LogP contribution in [0.3, 0.4) is 0 Å². The summed E-state index contributed by atoms with van der Waals surface area (Å²) < 4.78 is 68.2. The molecule has 4 rings (SSSR count). The molecular weight excluding hydrogens is 583 g/mol. The molecule has 3 aromatic rings. The molecule has 2 aromatic carbocycles. The zero-order chi connectivity index (χ0) is 30.0. The van der Waals surface area contributed by atoms with Gasteiger partial charge in [-0.3, -0.25) is 4.79 Å². The van der Waals surface area contributed by atoms with Crippen LogP contribution in [0.5, 0.6) is 11.5 Å². The number of benzene rings is 2. The molecule has 0 aliphatic carbocycles. The Labute approximate surface area is 240 Å². The summed E-state index contributed by atoms with van der Waals surface area (Å²) in [6, 6.07) is 9.10. The first-order valence-electron chi connectivity index (χ1n) is 12.3. The van der Waals surface area contributed by atoms with Crippen LogP contribution in [0.2, 0.25) is 5.02 Å². The maximum atomic E-state index is 13.1. The van der Waals surface area contributed by atoms with E-state index < -0.39 is 33.0 Å². The van der Waals surface area contributed by atoms with Crippen LogP contribution in [-0.2, 0) is 20.8 Å². The minimum Gasteiger partial charge on any atom is -0.456 e. The number of carbonyl (C=O) groups is 1. The Balaban J connectivity index is 1.56. The molecule has 0 fully saturated rings. The highest BCUT2D eigenvalue weighted by Crippen LogP contribution is 2.36. The fourth-order valence-electron chi connectivity index (χ4n) is 4.25. The summed E-state index contributed by atoms with van der Waals surface area (Å²) >= 11 is 6.38. The van der Waals surface area contributed by atoms with Crippen LogP contribution < -0.4 is 20.7 Å². The van der Waals surface area contributed by atoms with Gasteiger partial charge >= 0.3 is 6.18 Å². The second kappa shape index (κ2) is 11.6. The molecule has 2 heterocycles. The molecule has 41 heavy (non-hydrogen) atoms. The van der Waals surface area contributed by atoms with Gasteiger partial charge in [0.25, 0.3) is 0 Å². The molecule has 1 aromatic heterocycles. The van der Waals surface area contributed by atoms with E-state index in [4.69, 9.17) is 16.3 Å². The van der Waals surface area contributed by atoms with Crippen LogP contribution >= 0.6 is 11.6 Å². The molecule has 9 nitrogen and oxygen atoms in total. The zero-order valence-corrected chi connectivity index (χ0v) is 23.8. The van der Waals surface area contributed by atoms with Gasteiger partial charge in [-0.25, -0.2) is 18.4 Å². The first-order valence-corrected chi connectivity index (χ1v) is 14.7. The molecule has 1 aliphatic heterocycles. The Kier molecular flexibility index (Phi) is 8.50. The Morgan fingerprint density at radius 2 is 1.90 bits per heavy atom. The lowest BCUT2D eigenvalue weighted by Gasteiger charge is -2.25. The maximum absolute atomic E-state index is 13.1. The third-order valence-corrected chi connectivity index (χ3v) is 7.38. The fraction of sp³-hybridized carbons (Fsp3) is 0.296. The van der Waals surface area contributed by atoms with Gasteiger partial charge in [0, 0.05) is 29.6 Å². The van der Waals surface area contributed by atoms with Gasteiger partial charge in [0.15, 0.2) is 0 Å². The Bertz CT molecular complexity index is 1610. The number of alkyl halides is 3. The van der Waals surface area contributed by atoms with Crippen LogP contribution in [0.4, 0.5) is 30.5 Å². The molecule has 1 amide bonds. The normalized spacial score (nSPS) is 13.8. The van der Waals surface area contributed by atoms with Crippen LogP contribution in [-0.4, -0.2) is 48.4 Å². The van der Waals surface area contributed by atoms with E-state index >= 15 is 0 Å². The van der Waals surface area contributed by atoms with E-state index in [0.29, 0.717) is 41.4 Å². The number of aromatic nitrogens is 2. The SMILES string of the molecule is CC(C)(CS(C)(=O)=O)NC(=O)C1=Cc2c(ncnc2Nc2ccc(Oc3cccc(C(F)(F)F)c3)c(Cl)c2)NCC1. The van der Waals surface area contributed by atoms with Gasteiger partial charge in [-0.05, 0) is 62.7 Å². The lowest BCUT2D eigenvalue weighted by molar-refractivity contribution is -0.137. The van der Waals surface area contributed by atoms with Crippen molar-refractivity contribution < 1.29 is 31.1 Å². The first kappa shape index (κ1) is 30.1. The van der Waals surface area contributed by atoms with E-state index in [2.05, 4.69) is 25.9 Å². The molecule has 14 heteroatoms. The molecular formula is C27H27ClF3N5O4S. The van der Waals surface area contributed by atoms with E-state index in [1.807, 2.05) is 0 Å². The fourth-order valence-corrected chi connectivity index (χ4v) is 5.86. The first-order chi connectivity index (χ1) is 19.1. The number of fused-ring (bicyclic) bond motifs is 1. The molecule has 0 radical (unpaired) electrons. The molecule has 0 spiro atoms. The van der Waals surface area contributed by atoms with Crippen molar-refractivity contribution in [2.75, 3.05) is 29.2 Å². The summed E-state index contributed by atoms with van der Waals surface area (Å²) in [5.41, 5.74) is -0.445. The average Bonchev–Trinajstić information content (AvgIpc) is 3.07. The molecule has 0 atom stereocenters. The highest BCUT2D eigenvalue weighted by atomic mass is 35.5. The van der Waals surface area contributed by atoms with Crippen LogP contribution in [0.25, 0.3) is 6.08 Å². The summed E-state index contributed by atoms with van der Waals surface area (Å²) in [6.07, 6.45) is -0.0739. The van der Waals surface area contributed by atoms with E-state index in [9.17, 15) is 26.4 Å². The number of carbonyl (C=O) groups excluding carboxylic acids is 1. The van der Waals surface area contributed by atoms with Crippen molar-refractivity contribution in [2.45, 2.75) is 32.0 Å². The van der Waals surface area contributed by atoms with Crippen LogP contribution in [0.15, 0.2) is 54.4 Å². The third-order valence-electron chi connectivity index (χ3n) is 5.84. The number of halogens is 4. The second-order valence-corrected chi connectivity index (χ2v) is 12.7. The van der Waals surface area contributed by atoms with Gasteiger partial charge in [-0.15, -0.1) is 0 Å². The molecule has 0 unspecified atom stereocenters. The van der Waals surface area contributed by atoms with Crippen molar-refractivity contribution in [1.82, 2.24) is 15.3 Å². The Morgan fingerprint density at radius 3 is 2.59 bits per heavy atom. The Morgan fingerprint density at radius 1 is 1.15 bits per heavy atom. The largest absolute Gasteiger partial charge is 0.456 e. The quantitative estimate of drug-likeness (QED) is 0.292. The highest BCUT2D eigenvalue weighted by Gasteiger charge is 2.31. The van der Waals surface area contributed by atoms with Gasteiger partial charge in [-0.1, -0.05) is 17.7 Å². The van der Waals surface area contributed by atoms with Crippen LogP contribution in [0.1, 0.15) is 31.4 Å². The number of ether oxygens (including phenoxy) is 1. The molecule has 218 valence electrons. The van der Waals surface area contributed by atoms with Gasteiger partial charge in [0.05, 0.1) is 21.9 Å². The van der Waals surface area contributed by atoms with E-state index in [1.165, 1.54) is 30.6 Å². The monoisotopic (exact) mass is 609 g/mol. The molecule has 1 aliphatic rings. The number of amides is 1. The molecule has 0 saturated carbocycles. The zero-order valence-electron chi connectivity index (χ0n) is 22.3. The van der Waals surface area contributed by atoms with Crippen LogP contribution in [0, 0.1) is 0 Å². The van der Waals surface area contributed by atoms with Crippen molar-refractivity contribution in [1.29, 1.82) is 0 Å². The summed E-state index contributed by atoms with van der Waals surface area (Å²) in [5, 5.41) is 9.20. The molecule has 3 N–H and O–H groups in total. The second-order valence-electron chi connectivity index (χ2n) is 10.1. The van der Waals surface area contributed by atoms with Crippen molar-refractivity contribution in [3.63, 3.8) is 0 Å². The lowest BCUT2D eigenvalue weighted by Crippen LogP contribution is -2.48. The van der Waals surface area contributed by atoms with Crippen molar-refractivity contribution in [3.05, 3.63) is 70.5 Å². The Hall–Kier alpha value is -3.84. The predicted octanol–water partition coefficient (Wildman–Crippen LogP) is 5.82. The predicted molar refractivity (Wildman–Crippen MR) is 151 cm³/mol. The summed E-state index contributed by atoms with van der Waals surface area (Å²) in [4.78, 5) is 21.6. The van der Waals surface area contributed by atoms with Crippen molar-refractivity contribution in [3.8, 4) is 11.5 Å². The minimum atomic E-state index is -4.51. The number of sulfone groups is 1. The third kappa shape index (κ3) is 8.10. The number of rotatable bonds is 8. The van der Waals surface area contributed by atoms with E-state index in [1.54, 1.807) is 26.0 Å². The van der Waals surface area contributed by atoms with Crippen molar-refractivity contribution >= 4 is 50.7 Å². The van der Waals surface area contributed by atoms with E-state index in [0.717, 1.165) is 18.4 Å². The summed E-state index contributed by atoms with van der Waals surface area (Å²) in [7, 11) is -3.33. The minimum absolute atomic E-state index is 0.0229. The smallest absolute Gasteiger partial charge is 0.416 e. The van der Waals surface area contributed by atoms with E-state index in [-0.39, 0.29) is 22.3 Å². The average molecular weight is 610 g/mol. The van der Waals surface area contributed by atoms with Gasteiger partial charge in [-0.2, -0.15) is 13.2 Å². The van der Waals surface area contributed by atoms with Gasteiger partial charge in [0.2, 0.25) is 5.91 Å². The van der Waals surface area contributed by atoms with Gasteiger partial charge in [0.1, 0.15) is 39.3 Å². The topological polar surface area (TPSA) is 122 Å².